The van der Waals surface area contributed by atoms with Crippen molar-refractivity contribution in [3.05, 3.63) is 77.9 Å². The molecule has 2 aliphatic rings. The fraction of sp³-hybridized carbons (Fsp3) is 0.367. The summed E-state index contributed by atoms with van der Waals surface area (Å²) in [7, 11) is 1.67. The SMILES string of the molecule is COc1ccc(N2CCN(CC(O)COc3ccc(OCc4ccccc4)c4c3CCC(=O)N4)CC2)cc1. The van der Waals surface area contributed by atoms with Crippen LogP contribution in [0.15, 0.2) is 66.7 Å². The van der Waals surface area contributed by atoms with Crippen molar-refractivity contribution in [2.45, 2.75) is 25.6 Å². The molecule has 200 valence electrons. The van der Waals surface area contributed by atoms with Crippen LogP contribution in [0.4, 0.5) is 11.4 Å². The van der Waals surface area contributed by atoms with E-state index < -0.39 is 6.10 Å². The first-order valence-corrected chi connectivity index (χ1v) is 13.1. The van der Waals surface area contributed by atoms with E-state index in [9.17, 15) is 9.90 Å². The highest BCUT2D eigenvalue weighted by Crippen LogP contribution is 2.39. The molecule has 1 unspecified atom stereocenters. The van der Waals surface area contributed by atoms with Crippen LogP contribution in [-0.2, 0) is 17.8 Å². The topological polar surface area (TPSA) is 83.5 Å². The third-order valence-electron chi connectivity index (χ3n) is 7.05. The second kappa shape index (κ2) is 12.2. The molecule has 8 nitrogen and oxygen atoms in total. The number of hydrogen-bond donors (Lipinski definition) is 2. The molecule has 1 fully saturated rings. The Morgan fingerprint density at radius 2 is 1.63 bits per heavy atom. The lowest BCUT2D eigenvalue weighted by Crippen LogP contribution is -2.49. The number of nitrogens with one attached hydrogen (secondary N) is 1. The molecular weight excluding hydrogens is 482 g/mol. The van der Waals surface area contributed by atoms with Gasteiger partial charge in [0, 0.05) is 50.4 Å². The molecule has 0 radical (unpaired) electrons. The van der Waals surface area contributed by atoms with Crippen LogP contribution in [0.2, 0.25) is 0 Å². The number of rotatable bonds is 10. The van der Waals surface area contributed by atoms with Crippen molar-refractivity contribution < 1.29 is 24.1 Å². The number of methoxy groups -OCH3 is 1. The number of amides is 1. The maximum atomic E-state index is 12.1. The molecule has 38 heavy (non-hydrogen) atoms. The smallest absolute Gasteiger partial charge is 0.224 e. The first-order valence-electron chi connectivity index (χ1n) is 13.1. The number of aliphatic hydroxyl groups is 1. The number of β-amino-alcohol motifs (C(OH)–C–C–N with tert-alkyl or cyclic N) is 1. The van der Waals surface area contributed by atoms with Gasteiger partial charge < -0.3 is 29.5 Å². The Morgan fingerprint density at radius 3 is 2.37 bits per heavy atom. The number of hydrogen-bond acceptors (Lipinski definition) is 7. The monoisotopic (exact) mass is 517 g/mol. The van der Waals surface area contributed by atoms with Crippen LogP contribution in [0.1, 0.15) is 17.5 Å². The molecule has 1 saturated heterocycles. The Balaban J connectivity index is 1.14. The van der Waals surface area contributed by atoms with Gasteiger partial charge in [0.05, 0.1) is 12.8 Å². The van der Waals surface area contributed by atoms with Crippen LogP contribution < -0.4 is 24.4 Å². The maximum absolute atomic E-state index is 12.1. The number of ether oxygens (including phenoxy) is 3. The number of piperazine rings is 1. The third kappa shape index (κ3) is 6.38. The Labute approximate surface area is 223 Å². The van der Waals surface area contributed by atoms with E-state index in [0.717, 1.165) is 43.1 Å². The summed E-state index contributed by atoms with van der Waals surface area (Å²) in [4.78, 5) is 16.7. The van der Waals surface area contributed by atoms with E-state index in [1.54, 1.807) is 7.11 Å². The lowest BCUT2D eigenvalue weighted by atomic mass is 10.0. The van der Waals surface area contributed by atoms with E-state index in [0.29, 0.717) is 43.2 Å². The second-order valence-electron chi connectivity index (χ2n) is 9.69. The van der Waals surface area contributed by atoms with Crippen LogP contribution in [0.25, 0.3) is 0 Å². The minimum Gasteiger partial charge on any atom is -0.497 e. The van der Waals surface area contributed by atoms with Gasteiger partial charge in [0.15, 0.2) is 0 Å². The largest absolute Gasteiger partial charge is 0.497 e. The molecule has 0 spiro atoms. The van der Waals surface area contributed by atoms with E-state index in [1.807, 2.05) is 54.6 Å². The molecule has 5 rings (SSSR count). The average Bonchev–Trinajstić information content (AvgIpc) is 2.96. The van der Waals surface area contributed by atoms with Crippen LogP contribution in [0.3, 0.4) is 0 Å². The van der Waals surface area contributed by atoms with Gasteiger partial charge >= 0.3 is 0 Å². The number of aliphatic hydroxyl groups excluding tert-OH is 1. The zero-order valence-electron chi connectivity index (χ0n) is 21.8. The van der Waals surface area contributed by atoms with Gasteiger partial charge in [0.25, 0.3) is 0 Å². The van der Waals surface area contributed by atoms with E-state index >= 15 is 0 Å². The van der Waals surface area contributed by atoms with Gasteiger partial charge in [-0.15, -0.1) is 0 Å². The van der Waals surface area contributed by atoms with Crippen molar-refractivity contribution in [1.29, 1.82) is 0 Å². The van der Waals surface area contributed by atoms with Crippen molar-refractivity contribution in [3.8, 4) is 17.2 Å². The number of carbonyl (C=O) groups excluding carboxylic acids is 1. The molecule has 3 aromatic rings. The molecule has 0 aliphatic carbocycles. The number of benzene rings is 3. The predicted molar refractivity (Wildman–Crippen MR) is 147 cm³/mol. The first kappa shape index (κ1) is 25.9. The third-order valence-corrected chi connectivity index (χ3v) is 7.05. The summed E-state index contributed by atoms with van der Waals surface area (Å²) in [6, 6.07) is 21.7. The van der Waals surface area contributed by atoms with Crippen molar-refractivity contribution in [2.24, 2.45) is 0 Å². The Kier molecular flexibility index (Phi) is 8.31. The molecule has 1 atom stereocenters. The Bertz CT molecular complexity index is 1210. The van der Waals surface area contributed by atoms with Crippen molar-refractivity contribution in [1.82, 2.24) is 4.90 Å². The molecule has 0 bridgehead atoms. The van der Waals surface area contributed by atoms with Crippen molar-refractivity contribution in [2.75, 3.05) is 56.7 Å². The molecule has 2 heterocycles. The average molecular weight is 518 g/mol. The van der Waals surface area contributed by atoms with Crippen LogP contribution >= 0.6 is 0 Å². The van der Waals surface area contributed by atoms with Crippen molar-refractivity contribution in [3.63, 3.8) is 0 Å². The Morgan fingerprint density at radius 1 is 0.895 bits per heavy atom. The standard InChI is InChI=1S/C30H35N3O5/c1-36-25-9-7-23(8-10-25)33-17-15-32(16-18-33)19-24(34)21-38-27-12-13-28(30-26(27)11-14-29(35)31-30)37-20-22-5-3-2-4-6-22/h2-10,12-13,24,34H,11,14-21H2,1H3,(H,31,35). The summed E-state index contributed by atoms with van der Waals surface area (Å²) in [6.07, 6.45) is 0.347. The summed E-state index contributed by atoms with van der Waals surface area (Å²) in [5.74, 6) is 2.12. The highest BCUT2D eigenvalue weighted by molar-refractivity contribution is 5.96. The Hall–Kier alpha value is -3.75. The minimum absolute atomic E-state index is 0.0342. The van der Waals surface area contributed by atoms with Gasteiger partial charge in [-0.05, 0) is 48.4 Å². The number of anilines is 2. The fourth-order valence-corrected chi connectivity index (χ4v) is 4.94. The lowest BCUT2D eigenvalue weighted by Gasteiger charge is -2.37. The first-order chi connectivity index (χ1) is 18.6. The molecule has 3 aromatic carbocycles. The molecule has 1 amide bonds. The summed E-state index contributed by atoms with van der Waals surface area (Å²) >= 11 is 0. The highest BCUT2D eigenvalue weighted by Gasteiger charge is 2.24. The number of carbonyl (C=O) groups is 1. The molecule has 8 heteroatoms. The molecule has 0 aromatic heterocycles. The second-order valence-corrected chi connectivity index (χ2v) is 9.69. The van der Waals surface area contributed by atoms with Crippen LogP contribution in [0.5, 0.6) is 17.2 Å². The molecular formula is C30H35N3O5. The van der Waals surface area contributed by atoms with E-state index in [2.05, 4.69) is 27.2 Å². The molecule has 0 saturated carbocycles. The van der Waals surface area contributed by atoms with E-state index in [1.165, 1.54) is 5.69 Å². The van der Waals surface area contributed by atoms with Gasteiger partial charge in [-0.2, -0.15) is 0 Å². The minimum atomic E-state index is -0.620. The summed E-state index contributed by atoms with van der Waals surface area (Å²) in [6.45, 7) is 4.69. The number of fused-ring (bicyclic) bond motifs is 1. The van der Waals surface area contributed by atoms with Gasteiger partial charge in [0.1, 0.15) is 36.6 Å². The van der Waals surface area contributed by atoms with Crippen molar-refractivity contribution >= 4 is 17.3 Å². The van der Waals surface area contributed by atoms with Gasteiger partial charge in [-0.1, -0.05) is 30.3 Å². The van der Waals surface area contributed by atoms with Gasteiger partial charge in [0.2, 0.25) is 5.91 Å². The maximum Gasteiger partial charge on any atom is 0.224 e. The van der Waals surface area contributed by atoms with Crippen LogP contribution in [-0.4, -0.2) is 68.5 Å². The van der Waals surface area contributed by atoms with Gasteiger partial charge in [-0.25, -0.2) is 0 Å². The fourth-order valence-electron chi connectivity index (χ4n) is 4.94. The van der Waals surface area contributed by atoms with Crippen LogP contribution in [0, 0.1) is 0 Å². The van der Waals surface area contributed by atoms with Gasteiger partial charge in [-0.3, -0.25) is 9.69 Å². The molecule has 2 aliphatic heterocycles. The lowest BCUT2D eigenvalue weighted by molar-refractivity contribution is -0.116. The number of nitrogens with zero attached hydrogens (tertiary/aromatic N) is 2. The summed E-state index contributed by atoms with van der Waals surface area (Å²) in [5, 5.41) is 13.7. The normalized spacial score (nSPS) is 16.4. The quantitative estimate of drug-likeness (QED) is 0.424. The van der Waals surface area contributed by atoms with E-state index in [4.69, 9.17) is 14.2 Å². The highest BCUT2D eigenvalue weighted by atomic mass is 16.5. The summed E-state index contributed by atoms with van der Waals surface area (Å²) in [5.41, 5.74) is 3.81. The molecule has 2 N–H and O–H groups in total. The summed E-state index contributed by atoms with van der Waals surface area (Å²) < 4.78 is 17.4. The zero-order chi connectivity index (χ0) is 26.3. The zero-order valence-corrected chi connectivity index (χ0v) is 21.8. The van der Waals surface area contributed by atoms with E-state index in [-0.39, 0.29) is 12.5 Å². The predicted octanol–water partition coefficient (Wildman–Crippen LogP) is 3.72.